The molecule has 0 aliphatic rings. The Morgan fingerprint density at radius 2 is 1.72 bits per heavy atom. The lowest BCUT2D eigenvalue weighted by Gasteiger charge is -2.09. The van der Waals surface area contributed by atoms with Crippen molar-refractivity contribution in [1.82, 2.24) is 10.9 Å². The van der Waals surface area contributed by atoms with Crippen LogP contribution in [0.5, 0.6) is 0 Å². The molecule has 9 nitrogen and oxygen atoms in total. The number of nitro benzene ring substituents is 1. The van der Waals surface area contributed by atoms with Crippen molar-refractivity contribution in [3.05, 3.63) is 75.8 Å². The molecule has 0 saturated carbocycles. The van der Waals surface area contributed by atoms with E-state index in [1.807, 2.05) is 0 Å². The molecule has 0 aromatic heterocycles. The Kier molecular flexibility index (Phi) is 7.19. The van der Waals surface area contributed by atoms with E-state index in [4.69, 9.17) is 0 Å². The lowest BCUT2D eigenvalue weighted by Crippen LogP contribution is -2.40. The van der Waals surface area contributed by atoms with E-state index in [0.717, 1.165) is 6.08 Å². The molecule has 150 valence electrons. The van der Waals surface area contributed by atoms with Crippen molar-refractivity contribution < 1.29 is 19.3 Å². The van der Waals surface area contributed by atoms with Crippen molar-refractivity contribution >= 4 is 35.2 Å². The van der Waals surface area contributed by atoms with E-state index in [2.05, 4.69) is 16.2 Å². The lowest BCUT2D eigenvalue weighted by atomic mass is 10.1. The minimum absolute atomic E-state index is 0.0890. The van der Waals surface area contributed by atoms with Gasteiger partial charge in [-0.2, -0.15) is 0 Å². The molecule has 0 saturated heterocycles. The molecule has 0 heterocycles. The number of hydrazine groups is 1. The van der Waals surface area contributed by atoms with Gasteiger partial charge in [0.05, 0.1) is 4.92 Å². The predicted octanol–water partition coefficient (Wildman–Crippen LogP) is 2.66. The van der Waals surface area contributed by atoms with Gasteiger partial charge in [0.2, 0.25) is 5.91 Å². The van der Waals surface area contributed by atoms with Gasteiger partial charge in [-0.25, -0.2) is 0 Å². The maximum absolute atomic E-state index is 12.1. The summed E-state index contributed by atoms with van der Waals surface area (Å²) in [5, 5.41) is 13.5. The first-order chi connectivity index (χ1) is 13.8. The van der Waals surface area contributed by atoms with Crippen LogP contribution in [0.2, 0.25) is 0 Å². The second kappa shape index (κ2) is 9.79. The Morgan fingerprint density at radius 1 is 1.03 bits per heavy atom. The fraction of sp³-hybridized carbons (Fsp3) is 0.150. The third-order valence-corrected chi connectivity index (χ3v) is 3.75. The SMILES string of the molecule is CC(C)C(=O)Nc1ccc(C(=O)NNC(=O)/C=C/c2cccc([N+](=O)[O-])c2)cc1. The van der Waals surface area contributed by atoms with Gasteiger partial charge < -0.3 is 5.32 Å². The van der Waals surface area contributed by atoms with Crippen molar-refractivity contribution in [2.24, 2.45) is 5.92 Å². The zero-order valence-corrected chi connectivity index (χ0v) is 15.8. The molecule has 0 atom stereocenters. The highest BCUT2D eigenvalue weighted by molar-refractivity contribution is 5.98. The van der Waals surface area contributed by atoms with Gasteiger partial charge in [-0.1, -0.05) is 26.0 Å². The molecule has 0 aliphatic heterocycles. The summed E-state index contributed by atoms with van der Waals surface area (Å²) in [6, 6.07) is 12.0. The van der Waals surface area contributed by atoms with Gasteiger partial charge in [0.15, 0.2) is 0 Å². The highest BCUT2D eigenvalue weighted by Crippen LogP contribution is 2.14. The topological polar surface area (TPSA) is 130 Å². The van der Waals surface area contributed by atoms with Crippen molar-refractivity contribution in [1.29, 1.82) is 0 Å². The van der Waals surface area contributed by atoms with Crippen LogP contribution in [-0.2, 0) is 9.59 Å². The van der Waals surface area contributed by atoms with Crippen LogP contribution in [0.1, 0.15) is 29.8 Å². The fourth-order valence-corrected chi connectivity index (χ4v) is 2.14. The maximum Gasteiger partial charge on any atom is 0.270 e. The fourth-order valence-electron chi connectivity index (χ4n) is 2.14. The number of hydrogen-bond acceptors (Lipinski definition) is 5. The third kappa shape index (κ3) is 6.58. The van der Waals surface area contributed by atoms with Crippen LogP contribution in [0.3, 0.4) is 0 Å². The van der Waals surface area contributed by atoms with Crippen molar-refractivity contribution in [3.8, 4) is 0 Å². The average Bonchev–Trinajstić information content (AvgIpc) is 2.71. The molecular formula is C20H20N4O5. The van der Waals surface area contributed by atoms with Crippen LogP contribution in [-0.4, -0.2) is 22.6 Å². The normalized spacial score (nSPS) is 10.6. The molecule has 0 fully saturated rings. The number of carbonyl (C=O) groups excluding carboxylic acids is 3. The van der Waals surface area contributed by atoms with Crippen LogP contribution in [0.4, 0.5) is 11.4 Å². The number of benzene rings is 2. The summed E-state index contributed by atoms with van der Waals surface area (Å²) in [5.41, 5.74) is 5.71. The van der Waals surface area contributed by atoms with Crippen LogP contribution in [0, 0.1) is 16.0 Å². The molecule has 9 heteroatoms. The van der Waals surface area contributed by atoms with E-state index in [1.165, 1.54) is 36.4 Å². The van der Waals surface area contributed by atoms with E-state index < -0.39 is 16.7 Å². The number of rotatable bonds is 6. The van der Waals surface area contributed by atoms with Crippen LogP contribution < -0.4 is 16.2 Å². The van der Waals surface area contributed by atoms with E-state index >= 15 is 0 Å². The Balaban J connectivity index is 1.88. The minimum atomic E-state index is -0.606. The number of hydrogen-bond donors (Lipinski definition) is 3. The standard InChI is InChI=1S/C20H20N4O5/c1-13(2)19(26)21-16-9-7-15(8-10-16)20(27)23-22-18(25)11-6-14-4-3-5-17(12-14)24(28)29/h3-13H,1-2H3,(H,21,26)(H,22,25)(H,23,27)/b11-6+. The van der Waals surface area contributed by atoms with Crippen LogP contribution in [0.15, 0.2) is 54.6 Å². The molecule has 29 heavy (non-hydrogen) atoms. The van der Waals surface area contributed by atoms with E-state index in [-0.39, 0.29) is 23.1 Å². The monoisotopic (exact) mass is 396 g/mol. The molecule has 2 rings (SSSR count). The Labute approximate surface area is 166 Å². The van der Waals surface area contributed by atoms with Gasteiger partial charge in [-0.15, -0.1) is 0 Å². The molecule has 0 aliphatic carbocycles. The summed E-state index contributed by atoms with van der Waals surface area (Å²) in [6.45, 7) is 3.54. The number of carbonyl (C=O) groups is 3. The summed E-state index contributed by atoms with van der Waals surface area (Å²) in [4.78, 5) is 45.7. The number of non-ortho nitro benzene ring substituents is 1. The lowest BCUT2D eigenvalue weighted by molar-refractivity contribution is -0.384. The molecular weight excluding hydrogens is 376 g/mol. The minimum Gasteiger partial charge on any atom is -0.326 e. The number of nitro groups is 1. The van der Waals surface area contributed by atoms with Crippen molar-refractivity contribution in [2.75, 3.05) is 5.32 Å². The molecule has 0 bridgehead atoms. The summed E-state index contributed by atoms with van der Waals surface area (Å²) in [6.07, 6.45) is 2.53. The molecule has 0 spiro atoms. The summed E-state index contributed by atoms with van der Waals surface area (Å²) in [7, 11) is 0. The second-order valence-electron chi connectivity index (χ2n) is 6.35. The smallest absolute Gasteiger partial charge is 0.270 e. The summed E-state index contributed by atoms with van der Waals surface area (Å²) in [5.74, 6) is -1.44. The van der Waals surface area contributed by atoms with E-state index in [1.54, 1.807) is 32.0 Å². The Hall–Kier alpha value is -4.01. The third-order valence-electron chi connectivity index (χ3n) is 3.75. The Morgan fingerprint density at radius 3 is 2.34 bits per heavy atom. The van der Waals surface area contributed by atoms with E-state index in [0.29, 0.717) is 11.3 Å². The highest BCUT2D eigenvalue weighted by Gasteiger charge is 2.09. The number of amides is 3. The molecule has 2 aromatic rings. The average molecular weight is 396 g/mol. The first kappa shape index (κ1) is 21.3. The molecule has 3 amide bonds. The van der Waals surface area contributed by atoms with Gasteiger partial charge in [-0.05, 0) is 35.9 Å². The van der Waals surface area contributed by atoms with Crippen molar-refractivity contribution in [2.45, 2.75) is 13.8 Å². The van der Waals surface area contributed by atoms with Gasteiger partial charge >= 0.3 is 0 Å². The van der Waals surface area contributed by atoms with Gasteiger partial charge in [0.25, 0.3) is 17.5 Å². The quantitative estimate of drug-likeness (QED) is 0.392. The predicted molar refractivity (Wildman–Crippen MR) is 108 cm³/mol. The van der Waals surface area contributed by atoms with Crippen LogP contribution >= 0.6 is 0 Å². The zero-order chi connectivity index (χ0) is 21.4. The first-order valence-corrected chi connectivity index (χ1v) is 8.70. The maximum atomic E-state index is 12.1. The number of anilines is 1. The Bertz CT molecular complexity index is 952. The summed E-state index contributed by atoms with van der Waals surface area (Å²) >= 11 is 0. The number of nitrogens with zero attached hydrogens (tertiary/aromatic N) is 1. The number of nitrogens with one attached hydrogen (secondary N) is 3. The molecule has 2 aromatic carbocycles. The van der Waals surface area contributed by atoms with E-state index in [9.17, 15) is 24.5 Å². The highest BCUT2D eigenvalue weighted by atomic mass is 16.6. The molecule has 3 N–H and O–H groups in total. The largest absolute Gasteiger partial charge is 0.326 e. The van der Waals surface area contributed by atoms with Crippen LogP contribution in [0.25, 0.3) is 6.08 Å². The van der Waals surface area contributed by atoms with Gasteiger partial charge in [0, 0.05) is 35.4 Å². The van der Waals surface area contributed by atoms with Gasteiger partial charge in [0.1, 0.15) is 0 Å². The zero-order valence-electron chi connectivity index (χ0n) is 15.8. The first-order valence-electron chi connectivity index (χ1n) is 8.70. The molecule has 0 radical (unpaired) electrons. The summed E-state index contributed by atoms with van der Waals surface area (Å²) < 4.78 is 0. The molecule has 0 unspecified atom stereocenters. The second-order valence-corrected chi connectivity index (χ2v) is 6.35. The van der Waals surface area contributed by atoms with Crippen molar-refractivity contribution in [3.63, 3.8) is 0 Å². The van der Waals surface area contributed by atoms with Gasteiger partial charge in [-0.3, -0.25) is 35.3 Å².